The second-order valence-corrected chi connectivity index (χ2v) is 7.60. The summed E-state index contributed by atoms with van der Waals surface area (Å²) in [7, 11) is 1.50. The maximum Gasteiger partial charge on any atom is 0.287 e. The van der Waals surface area contributed by atoms with E-state index in [0.717, 1.165) is 6.54 Å². The number of likely N-dealkylation sites (N-methyl/N-ethyl adjacent to an activating group) is 1. The molecule has 1 aliphatic heterocycles. The van der Waals surface area contributed by atoms with Crippen LogP contribution >= 0.6 is 0 Å². The number of rotatable bonds is 7. The van der Waals surface area contributed by atoms with Gasteiger partial charge in [-0.05, 0) is 38.2 Å². The van der Waals surface area contributed by atoms with Crippen molar-refractivity contribution in [2.24, 2.45) is 5.92 Å². The van der Waals surface area contributed by atoms with Crippen molar-refractivity contribution in [3.63, 3.8) is 0 Å². The van der Waals surface area contributed by atoms with Crippen LogP contribution in [0.1, 0.15) is 56.0 Å². The van der Waals surface area contributed by atoms with Crippen molar-refractivity contribution in [1.82, 2.24) is 15.5 Å². The molecule has 2 unspecified atom stereocenters. The van der Waals surface area contributed by atoms with Crippen LogP contribution in [0.4, 0.5) is 0 Å². The summed E-state index contributed by atoms with van der Waals surface area (Å²) in [5, 5.41) is 5.96. The van der Waals surface area contributed by atoms with Gasteiger partial charge < -0.3 is 19.8 Å². The Balaban J connectivity index is 1.62. The lowest BCUT2D eigenvalue weighted by Gasteiger charge is -2.30. The first-order valence-corrected chi connectivity index (χ1v) is 10.1. The van der Waals surface area contributed by atoms with E-state index in [-0.39, 0.29) is 29.7 Å². The van der Waals surface area contributed by atoms with E-state index in [0.29, 0.717) is 31.4 Å². The van der Waals surface area contributed by atoms with Gasteiger partial charge in [-0.15, -0.1) is 0 Å². The van der Waals surface area contributed by atoms with Crippen molar-refractivity contribution in [2.45, 2.75) is 57.5 Å². The molecule has 1 aromatic rings. The first-order chi connectivity index (χ1) is 13.1. The number of nitrogens with zero attached hydrogens (tertiary/aromatic N) is 1. The largest absolute Gasteiger partial charge is 0.468 e. The van der Waals surface area contributed by atoms with Crippen LogP contribution in [0.15, 0.2) is 16.5 Å². The highest BCUT2D eigenvalue weighted by atomic mass is 16.6. The lowest BCUT2D eigenvalue weighted by molar-refractivity contribution is -0.125. The molecule has 150 valence electrons. The average molecular weight is 377 g/mol. The Labute approximate surface area is 160 Å². The number of carbonyl (C=O) groups is 2. The van der Waals surface area contributed by atoms with Crippen molar-refractivity contribution in [2.75, 3.05) is 26.7 Å². The van der Waals surface area contributed by atoms with Crippen LogP contribution in [-0.4, -0.2) is 55.5 Å². The number of ether oxygens (including phenoxy) is 1. The Hall–Kier alpha value is -2.02. The second kappa shape index (κ2) is 9.26. The molecule has 1 saturated heterocycles. The molecule has 7 heteroatoms. The minimum absolute atomic E-state index is 0.0599. The molecule has 1 saturated carbocycles. The summed E-state index contributed by atoms with van der Waals surface area (Å²) in [6, 6.07) is 2.98. The van der Waals surface area contributed by atoms with Crippen LogP contribution in [0.5, 0.6) is 5.95 Å². The van der Waals surface area contributed by atoms with Crippen molar-refractivity contribution in [3.8, 4) is 5.95 Å². The summed E-state index contributed by atoms with van der Waals surface area (Å²) in [6.45, 7) is 4.18. The summed E-state index contributed by atoms with van der Waals surface area (Å²) in [6.07, 6.45) is 6.99. The van der Waals surface area contributed by atoms with E-state index in [4.69, 9.17) is 9.15 Å². The van der Waals surface area contributed by atoms with Gasteiger partial charge in [-0.1, -0.05) is 19.3 Å². The molecule has 2 fully saturated rings. The lowest BCUT2D eigenvalue weighted by atomic mass is 9.89. The average Bonchev–Trinajstić information content (AvgIpc) is 3.30. The Morgan fingerprint density at radius 3 is 2.70 bits per heavy atom. The van der Waals surface area contributed by atoms with Gasteiger partial charge in [0.15, 0.2) is 5.76 Å². The van der Waals surface area contributed by atoms with Gasteiger partial charge in [0.25, 0.3) is 11.9 Å². The second-order valence-electron chi connectivity index (χ2n) is 7.60. The van der Waals surface area contributed by atoms with E-state index in [2.05, 4.69) is 15.5 Å². The van der Waals surface area contributed by atoms with Crippen LogP contribution in [0.2, 0.25) is 0 Å². The minimum Gasteiger partial charge on any atom is -0.468 e. The summed E-state index contributed by atoms with van der Waals surface area (Å²) in [5.41, 5.74) is 0. The fraction of sp³-hybridized carbons (Fsp3) is 0.700. The third-order valence-electron chi connectivity index (χ3n) is 5.62. The van der Waals surface area contributed by atoms with Gasteiger partial charge >= 0.3 is 0 Å². The van der Waals surface area contributed by atoms with Crippen LogP contribution < -0.4 is 15.4 Å². The molecule has 2 N–H and O–H groups in total. The number of furan rings is 1. The topological polar surface area (TPSA) is 83.8 Å². The van der Waals surface area contributed by atoms with Crippen molar-refractivity contribution < 1.29 is 18.7 Å². The monoisotopic (exact) mass is 377 g/mol. The fourth-order valence-corrected chi connectivity index (χ4v) is 4.28. The number of amides is 2. The van der Waals surface area contributed by atoms with Crippen LogP contribution in [0, 0.1) is 5.92 Å². The maximum absolute atomic E-state index is 12.5. The summed E-state index contributed by atoms with van der Waals surface area (Å²) in [4.78, 5) is 27.2. The van der Waals surface area contributed by atoms with Gasteiger partial charge in [0, 0.05) is 31.7 Å². The van der Waals surface area contributed by atoms with Crippen molar-refractivity contribution in [3.05, 3.63) is 17.9 Å². The standard InChI is InChI=1S/C20H31N3O4/c1-3-21-19(24)16-11-15(13-23(16)12-14-7-5-4-6-8-14)22-20(25)17-9-10-18(26-2)27-17/h9-10,14-16H,3-8,11-13H2,1-2H3,(H,21,24)(H,22,25). The summed E-state index contributed by atoms with van der Waals surface area (Å²) >= 11 is 0. The van der Waals surface area contributed by atoms with Gasteiger partial charge in [0.05, 0.1) is 13.2 Å². The molecular weight excluding hydrogens is 346 g/mol. The molecular formula is C20H31N3O4. The summed E-state index contributed by atoms with van der Waals surface area (Å²) < 4.78 is 10.3. The smallest absolute Gasteiger partial charge is 0.287 e. The first-order valence-electron chi connectivity index (χ1n) is 10.1. The number of methoxy groups -OCH3 is 1. The van der Waals surface area contributed by atoms with Gasteiger partial charge in [0.2, 0.25) is 5.91 Å². The highest BCUT2D eigenvalue weighted by Crippen LogP contribution is 2.28. The predicted octanol–water partition coefficient (Wildman–Crippen LogP) is 2.18. The van der Waals surface area contributed by atoms with Gasteiger partial charge in [-0.25, -0.2) is 0 Å². The molecule has 2 amide bonds. The Kier molecular flexibility index (Phi) is 6.77. The zero-order valence-electron chi connectivity index (χ0n) is 16.3. The predicted molar refractivity (Wildman–Crippen MR) is 102 cm³/mol. The zero-order valence-corrected chi connectivity index (χ0v) is 16.3. The molecule has 0 bridgehead atoms. The molecule has 2 heterocycles. The van der Waals surface area contributed by atoms with E-state index >= 15 is 0 Å². The minimum atomic E-state index is -0.266. The molecule has 2 aliphatic rings. The van der Waals surface area contributed by atoms with E-state index < -0.39 is 0 Å². The third-order valence-corrected chi connectivity index (χ3v) is 5.62. The molecule has 7 nitrogen and oxygen atoms in total. The molecule has 27 heavy (non-hydrogen) atoms. The van der Waals surface area contributed by atoms with Gasteiger partial charge in [-0.3, -0.25) is 14.5 Å². The number of hydrogen-bond acceptors (Lipinski definition) is 5. The zero-order chi connectivity index (χ0) is 19.2. The van der Waals surface area contributed by atoms with Gasteiger partial charge in [0.1, 0.15) is 0 Å². The fourth-order valence-electron chi connectivity index (χ4n) is 4.28. The molecule has 3 rings (SSSR count). The number of nitrogens with one attached hydrogen (secondary N) is 2. The molecule has 2 atom stereocenters. The Morgan fingerprint density at radius 2 is 2.04 bits per heavy atom. The Morgan fingerprint density at radius 1 is 1.26 bits per heavy atom. The number of carbonyl (C=O) groups excluding carboxylic acids is 2. The Bertz CT molecular complexity index is 639. The maximum atomic E-state index is 12.5. The first kappa shape index (κ1) is 19.7. The number of likely N-dealkylation sites (tertiary alicyclic amines) is 1. The quantitative estimate of drug-likeness (QED) is 0.761. The molecule has 0 radical (unpaired) electrons. The van der Waals surface area contributed by atoms with Gasteiger partial charge in [-0.2, -0.15) is 0 Å². The summed E-state index contributed by atoms with van der Waals surface area (Å²) in [5.74, 6) is 0.986. The third kappa shape index (κ3) is 5.03. The van der Waals surface area contributed by atoms with Crippen LogP contribution in [-0.2, 0) is 4.79 Å². The van der Waals surface area contributed by atoms with E-state index in [1.54, 1.807) is 12.1 Å². The van der Waals surface area contributed by atoms with E-state index in [9.17, 15) is 9.59 Å². The van der Waals surface area contributed by atoms with Crippen LogP contribution in [0.3, 0.4) is 0 Å². The molecule has 1 aromatic heterocycles. The molecule has 0 aromatic carbocycles. The molecule has 0 spiro atoms. The highest BCUT2D eigenvalue weighted by Gasteiger charge is 2.38. The number of hydrogen-bond donors (Lipinski definition) is 2. The SMILES string of the molecule is CCNC(=O)C1CC(NC(=O)c2ccc(OC)o2)CN1CC1CCCCC1. The normalized spacial score (nSPS) is 23.9. The van der Waals surface area contributed by atoms with E-state index in [1.165, 1.54) is 39.2 Å². The molecule has 1 aliphatic carbocycles. The van der Waals surface area contributed by atoms with Crippen molar-refractivity contribution in [1.29, 1.82) is 0 Å². The van der Waals surface area contributed by atoms with Crippen LogP contribution in [0.25, 0.3) is 0 Å². The van der Waals surface area contributed by atoms with Crippen molar-refractivity contribution >= 4 is 11.8 Å². The lowest BCUT2D eigenvalue weighted by Crippen LogP contribution is -2.45. The van der Waals surface area contributed by atoms with E-state index in [1.807, 2.05) is 6.92 Å². The highest BCUT2D eigenvalue weighted by molar-refractivity contribution is 5.92.